The molecule has 0 unspecified atom stereocenters. The lowest BCUT2D eigenvalue weighted by atomic mass is 10.1. The van der Waals surface area contributed by atoms with Crippen molar-refractivity contribution in [1.29, 1.82) is 5.26 Å². The molecule has 2 bridgehead atoms. The summed E-state index contributed by atoms with van der Waals surface area (Å²) in [5.74, 6) is -0.0813. The maximum absolute atomic E-state index is 12.9. The largest absolute Gasteiger partial charge is 0.333 e. The summed E-state index contributed by atoms with van der Waals surface area (Å²) in [4.78, 5) is 34.9. The van der Waals surface area contributed by atoms with Gasteiger partial charge in [-0.15, -0.1) is 0 Å². The SMILES string of the molecule is [C-]#[N+]c1cccc(CN2C(=O)[C@H]3C[C@@H]2CN3C[C@H](C)C(=O)N2CCC[C@H]2C#N)c1. The summed E-state index contributed by atoms with van der Waals surface area (Å²) in [6.45, 7) is 11.6. The zero-order valence-electron chi connectivity index (χ0n) is 16.6. The number of nitriles is 1. The van der Waals surface area contributed by atoms with Crippen molar-refractivity contribution in [3.05, 3.63) is 41.2 Å². The second-order valence-corrected chi connectivity index (χ2v) is 8.33. The summed E-state index contributed by atoms with van der Waals surface area (Å²) < 4.78 is 0. The van der Waals surface area contributed by atoms with Gasteiger partial charge in [-0.25, -0.2) is 4.85 Å². The molecule has 0 saturated carbocycles. The van der Waals surface area contributed by atoms with Gasteiger partial charge in [-0.3, -0.25) is 14.5 Å². The predicted octanol–water partition coefficient (Wildman–Crippen LogP) is 2.17. The van der Waals surface area contributed by atoms with E-state index in [1.54, 1.807) is 11.0 Å². The average Bonchev–Trinajstić information content (AvgIpc) is 3.44. The highest BCUT2D eigenvalue weighted by Crippen LogP contribution is 2.34. The maximum Gasteiger partial charge on any atom is 0.240 e. The number of rotatable bonds is 5. The van der Waals surface area contributed by atoms with Crippen molar-refractivity contribution in [2.75, 3.05) is 19.6 Å². The van der Waals surface area contributed by atoms with Crippen LogP contribution in [0.5, 0.6) is 0 Å². The minimum Gasteiger partial charge on any atom is -0.333 e. The van der Waals surface area contributed by atoms with Crippen molar-refractivity contribution < 1.29 is 9.59 Å². The van der Waals surface area contributed by atoms with E-state index in [-0.39, 0.29) is 35.9 Å². The maximum atomic E-state index is 12.9. The zero-order valence-corrected chi connectivity index (χ0v) is 16.6. The van der Waals surface area contributed by atoms with E-state index < -0.39 is 0 Å². The molecule has 7 heteroatoms. The molecule has 2 amide bonds. The Morgan fingerprint density at radius 2 is 2.28 bits per heavy atom. The van der Waals surface area contributed by atoms with E-state index >= 15 is 0 Å². The number of hydrogen-bond acceptors (Lipinski definition) is 4. The fourth-order valence-electron chi connectivity index (χ4n) is 4.94. The number of likely N-dealkylation sites (tertiary alicyclic amines) is 3. The number of amides is 2. The number of fused-ring (bicyclic) bond motifs is 2. The first-order valence-electron chi connectivity index (χ1n) is 10.2. The van der Waals surface area contributed by atoms with E-state index in [0.717, 1.165) is 31.4 Å². The minimum atomic E-state index is -0.302. The molecule has 1 aromatic carbocycles. The molecule has 150 valence electrons. The van der Waals surface area contributed by atoms with Crippen LogP contribution in [0.4, 0.5) is 5.69 Å². The summed E-state index contributed by atoms with van der Waals surface area (Å²) in [5, 5.41) is 9.23. The zero-order chi connectivity index (χ0) is 20.5. The van der Waals surface area contributed by atoms with Crippen LogP contribution in [0.2, 0.25) is 0 Å². The molecule has 1 aromatic rings. The van der Waals surface area contributed by atoms with Gasteiger partial charge in [0.05, 0.1) is 18.7 Å². The second-order valence-electron chi connectivity index (χ2n) is 8.33. The van der Waals surface area contributed by atoms with Gasteiger partial charge in [-0.2, -0.15) is 5.26 Å². The van der Waals surface area contributed by atoms with Crippen molar-refractivity contribution in [2.45, 2.75) is 50.9 Å². The molecule has 4 rings (SSSR count). The lowest BCUT2D eigenvalue weighted by Gasteiger charge is -2.35. The van der Waals surface area contributed by atoms with Crippen molar-refractivity contribution in [3.8, 4) is 6.07 Å². The number of piperazine rings is 1. The Morgan fingerprint density at radius 3 is 3.00 bits per heavy atom. The van der Waals surface area contributed by atoms with E-state index in [9.17, 15) is 14.9 Å². The first-order chi connectivity index (χ1) is 14.0. The number of carbonyl (C=O) groups is 2. The third-order valence-corrected chi connectivity index (χ3v) is 6.40. The number of hydrogen-bond donors (Lipinski definition) is 0. The van der Waals surface area contributed by atoms with Gasteiger partial charge in [-0.1, -0.05) is 31.2 Å². The molecular weight excluding hydrogens is 366 g/mol. The van der Waals surface area contributed by atoms with Crippen LogP contribution in [0.1, 0.15) is 31.7 Å². The minimum absolute atomic E-state index is 0.0251. The van der Waals surface area contributed by atoms with Gasteiger partial charge >= 0.3 is 0 Å². The molecule has 4 atom stereocenters. The Kier molecular flexibility index (Phi) is 5.25. The fraction of sp³-hybridized carbons (Fsp3) is 0.545. The van der Waals surface area contributed by atoms with Gasteiger partial charge in [0, 0.05) is 38.1 Å². The van der Waals surface area contributed by atoms with Gasteiger partial charge in [0.15, 0.2) is 5.69 Å². The normalized spacial score (nSPS) is 27.1. The van der Waals surface area contributed by atoms with Crippen LogP contribution in [0, 0.1) is 23.8 Å². The van der Waals surface area contributed by atoms with Crippen LogP contribution in [-0.4, -0.2) is 64.3 Å². The van der Waals surface area contributed by atoms with Crippen LogP contribution in [0.25, 0.3) is 4.85 Å². The molecule has 3 saturated heterocycles. The molecular formula is C22H25N5O2. The fourth-order valence-corrected chi connectivity index (χ4v) is 4.94. The molecule has 3 heterocycles. The third-order valence-electron chi connectivity index (χ3n) is 6.40. The van der Waals surface area contributed by atoms with E-state index in [1.165, 1.54) is 0 Å². The van der Waals surface area contributed by atoms with E-state index in [4.69, 9.17) is 6.57 Å². The van der Waals surface area contributed by atoms with E-state index in [0.29, 0.717) is 25.3 Å². The smallest absolute Gasteiger partial charge is 0.240 e. The van der Waals surface area contributed by atoms with Crippen LogP contribution in [0.15, 0.2) is 24.3 Å². The summed E-state index contributed by atoms with van der Waals surface area (Å²) in [6.07, 6.45) is 2.44. The topological polar surface area (TPSA) is 72.0 Å². The predicted molar refractivity (Wildman–Crippen MR) is 107 cm³/mol. The molecule has 0 aromatic heterocycles. The Labute approximate surface area is 171 Å². The Balaban J connectivity index is 1.36. The Hall–Kier alpha value is -2.90. The number of carbonyl (C=O) groups excluding carboxylic acids is 2. The highest BCUT2D eigenvalue weighted by atomic mass is 16.2. The molecule has 0 spiro atoms. The lowest BCUT2D eigenvalue weighted by molar-refractivity contribution is -0.140. The molecule has 0 N–H and O–H groups in total. The molecule has 0 aliphatic carbocycles. The lowest BCUT2D eigenvalue weighted by Crippen LogP contribution is -2.52. The number of benzene rings is 1. The first-order valence-corrected chi connectivity index (χ1v) is 10.2. The number of nitrogens with zero attached hydrogens (tertiary/aromatic N) is 5. The second kappa shape index (κ2) is 7.85. The van der Waals surface area contributed by atoms with Crippen LogP contribution in [0.3, 0.4) is 0 Å². The third kappa shape index (κ3) is 3.59. The van der Waals surface area contributed by atoms with Crippen molar-refractivity contribution in [3.63, 3.8) is 0 Å². The Morgan fingerprint density at radius 1 is 1.45 bits per heavy atom. The molecule has 3 aliphatic heterocycles. The van der Waals surface area contributed by atoms with Crippen molar-refractivity contribution in [1.82, 2.24) is 14.7 Å². The van der Waals surface area contributed by atoms with Crippen LogP contribution < -0.4 is 0 Å². The van der Waals surface area contributed by atoms with Gasteiger partial charge in [0.2, 0.25) is 11.8 Å². The van der Waals surface area contributed by atoms with Crippen LogP contribution >= 0.6 is 0 Å². The van der Waals surface area contributed by atoms with Gasteiger partial charge in [0.25, 0.3) is 0 Å². The summed E-state index contributed by atoms with van der Waals surface area (Å²) in [7, 11) is 0. The summed E-state index contributed by atoms with van der Waals surface area (Å²) in [6, 6.07) is 9.34. The summed E-state index contributed by atoms with van der Waals surface area (Å²) >= 11 is 0. The molecule has 3 aliphatic rings. The Bertz CT molecular complexity index is 901. The van der Waals surface area contributed by atoms with E-state index in [2.05, 4.69) is 15.8 Å². The van der Waals surface area contributed by atoms with Gasteiger partial charge in [0.1, 0.15) is 6.04 Å². The van der Waals surface area contributed by atoms with Gasteiger partial charge in [-0.05, 0) is 24.8 Å². The molecule has 0 radical (unpaired) electrons. The highest BCUT2D eigenvalue weighted by Gasteiger charge is 2.49. The quantitative estimate of drug-likeness (QED) is 0.721. The average molecular weight is 391 g/mol. The first kappa shape index (κ1) is 19.4. The summed E-state index contributed by atoms with van der Waals surface area (Å²) in [5.41, 5.74) is 1.57. The molecule has 29 heavy (non-hydrogen) atoms. The van der Waals surface area contributed by atoms with Gasteiger partial charge < -0.3 is 9.80 Å². The molecule has 7 nitrogen and oxygen atoms in total. The van der Waals surface area contributed by atoms with Crippen molar-refractivity contribution >= 4 is 17.5 Å². The molecule has 3 fully saturated rings. The highest BCUT2D eigenvalue weighted by molar-refractivity contribution is 5.86. The standard InChI is InChI=1S/C22H25N5O2/c1-15(21(28)26-8-4-7-18(26)11-23)12-25-14-19-10-20(25)22(29)27(19)13-16-5-3-6-17(9-16)24-2/h3,5-6,9,15,18-20H,4,7-8,10,12-14H2,1H3/t15-,18-,19+,20+/m0/s1. The van der Waals surface area contributed by atoms with Crippen LogP contribution in [-0.2, 0) is 16.1 Å². The van der Waals surface area contributed by atoms with E-state index in [1.807, 2.05) is 30.0 Å². The monoisotopic (exact) mass is 391 g/mol. The van der Waals surface area contributed by atoms with Crippen molar-refractivity contribution in [2.24, 2.45) is 5.92 Å².